The molecule has 4 saturated heterocycles. The number of ether oxygens (including phenoxy) is 9. The molecule has 1 N–H and O–H groups in total. The highest BCUT2D eigenvalue weighted by Crippen LogP contribution is 2.83. The van der Waals surface area contributed by atoms with Crippen LogP contribution in [0.5, 0.6) is 0 Å². The Morgan fingerprint density at radius 1 is 0.898 bits per heavy atom. The number of carbonyl (C=O) groups is 4. The van der Waals surface area contributed by atoms with Gasteiger partial charge in [-0.2, -0.15) is 0 Å². The van der Waals surface area contributed by atoms with Crippen LogP contribution in [0.25, 0.3) is 0 Å². The van der Waals surface area contributed by atoms with Gasteiger partial charge in [0.1, 0.15) is 34.4 Å². The minimum absolute atomic E-state index is 0.224. The molecule has 8 aliphatic rings. The van der Waals surface area contributed by atoms with E-state index in [-0.39, 0.29) is 24.5 Å². The lowest BCUT2D eigenvalue weighted by atomic mass is 9.37. The first kappa shape index (κ1) is 43.0. The van der Waals surface area contributed by atoms with E-state index < -0.39 is 135 Å². The Morgan fingerprint density at radius 2 is 1.58 bits per heavy atom. The summed E-state index contributed by atoms with van der Waals surface area (Å²) in [5, 5.41) is 13.2. The summed E-state index contributed by atoms with van der Waals surface area (Å²) in [6.07, 6.45) is -0.669. The molecule has 7 fully saturated rings. The highest BCUT2D eigenvalue weighted by atomic mass is 28.4. The second-order valence-corrected chi connectivity index (χ2v) is 29.0. The van der Waals surface area contributed by atoms with Crippen LogP contribution in [0.3, 0.4) is 0 Å². The molecule has 0 radical (unpaired) electrons. The molecule has 3 saturated carbocycles. The third-order valence-electron chi connectivity index (χ3n) is 15.0. The maximum atomic E-state index is 14.6. The van der Waals surface area contributed by atoms with Crippen molar-refractivity contribution in [2.75, 3.05) is 27.4 Å². The largest absolute Gasteiger partial charge is 0.469 e. The molecule has 0 amide bonds. The van der Waals surface area contributed by atoms with Crippen molar-refractivity contribution in [2.45, 2.75) is 146 Å². The molecule has 3 aliphatic carbocycles. The van der Waals surface area contributed by atoms with Crippen molar-refractivity contribution in [3.63, 3.8) is 0 Å². The van der Waals surface area contributed by atoms with Crippen LogP contribution >= 0.6 is 0 Å². The molecule has 0 aromatic carbocycles. The standard InChI is InChI=1S/C41H60O16Si2/c1-14-21(2)30(43)53-24-18-25(52-22(3)42)38(32(44)47-6)19-50-27-28(38)37(24)20-51-40(46,33(45)48-7)31(37)35(4,29(27)55-58(8,9)10)41-26-17-23(36(41,5)56-41)39(57-59(11,12)13)15-16-49-34(39)54-26/h14-16,23-29,31,34,46H,17-20H2,1-13H3/b21-14+. The second kappa shape index (κ2) is 13.2. The summed E-state index contributed by atoms with van der Waals surface area (Å²) < 4.78 is 71.7. The predicted molar refractivity (Wildman–Crippen MR) is 209 cm³/mol. The number of aliphatic hydroxyl groups is 1. The van der Waals surface area contributed by atoms with Crippen molar-refractivity contribution < 1.29 is 75.8 Å². The van der Waals surface area contributed by atoms with Crippen molar-refractivity contribution >= 4 is 40.5 Å². The molecular formula is C41H60O16Si2. The van der Waals surface area contributed by atoms with Crippen LogP contribution in [0.4, 0.5) is 0 Å². The lowest BCUT2D eigenvalue weighted by Gasteiger charge is -2.67. The van der Waals surface area contributed by atoms with Gasteiger partial charge in [-0.3, -0.25) is 9.59 Å². The average Bonchev–Trinajstić information content (AvgIpc) is 3.52. The summed E-state index contributed by atoms with van der Waals surface area (Å²) in [6, 6.07) is 0. The number of methoxy groups -OCH3 is 2. The highest BCUT2D eigenvalue weighted by Gasteiger charge is 2.97. The lowest BCUT2D eigenvalue weighted by Crippen LogP contribution is -2.79. The summed E-state index contributed by atoms with van der Waals surface area (Å²) in [7, 11) is -2.58. The maximum Gasteiger partial charge on any atom is 0.366 e. The van der Waals surface area contributed by atoms with Gasteiger partial charge in [0, 0.05) is 47.5 Å². The third kappa shape index (κ3) is 5.30. The fourth-order valence-corrected chi connectivity index (χ4v) is 15.9. The Morgan fingerprint density at radius 3 is 2.17 bits per heavy atom. The molecule has 0 aromatic heterocycles. The van der Waals surface area contributed by atoms with E-state index in [0.29, 0.717) is 6.42 Å². The fourth-order valence-electron chi connectivity index (χ4n) is 13.4. The molecule has 8 rings (SSSR count). The molecule has 1 spiro atoms. The van der Waals surface area contributed by atoms with Gasteiger partial charge in [0.05, 0.1) is 52.0 Å². The van der Waals surface area contributed by atoms with Crippen LogP contribution in [0.1, 0.15) is 47.5 Å². The van der Waals surface area contributed by atoms with Crippen molar-refractivity contribution in [1.82, 2.24) is 0 Å². The fraction of sp³-hybridized carbons (Fsp3) is 0.805. The summed E-state index contributed by atoms with van der Waals surface area (Å²) in [4.78, 5) is 56.0. The Hall–Kier alpha value is -2.69. The van der Waals surface area contributed by atoms with Gasteiger partial charge < -0.3 is 56.6 Å². The molecule has 328 valence electrons. The van der Waals surface area contributed by atoms with Crippen LogP contribution in [-0.4, -0.2) is 132 Å². The normalized spacial score (nSPS) is 48.8. The van der Waals surface area contributed by atoms with E-state index in [0.717, 1.165) is 7.11 Å². The maximum absolute atomic E-state index is 14.6. The molecule has 5 heterocycles. The smallest absolute Gasteiger partial charge is 0.366 e. The van der Waals surface area contributed by atoms with Gasteiger partial charge >= 0.3 is 23.9 Å². The minimum Gasteiger partial charge on any atom is -0.469 e. The molecule has 18 heteroatoms. The topological polar surface area (TPSA) is 193 Å². The first-order chi connectivity index (χ1) is 27.3. The zero-order chi connectivity index (χ0) is 43.3. The molecule has 2 bridgehead atoms. The Kier molecular flexibility index (Phi) is 9.59. The summed E-state index contributed by atoms with van der Waals surface area (Å²) in [5.74, 6) is -8.75. The zero-order valence-electron chi connectivity index (χ0n) is 36.3. The molecular weight excluding hydrogens is 805 g/mol. The van der Waals surface area contributed by atoms with Gasteiger partial charge in [-0.15, -0.1) is 0 Å². The van der Waals surface area contributed by atoms with Gasteiger partial charge in [-0.1, -0.05) is 13.0 Å². The first-order valence-corrected chi connectivity index (χ1v) is 27.4. The van der Waals surface area contributed by atoms with Crippen LogP contribution in [0.2, 0.25) is 39.3 Å². The molecule has 5 aliphatic heterocycles. The quantitative estimate of drug-likeness (QED) is 0.110. The van der Waals surface area contributed by atoms with Crippen LogP contribution in [0.15, 0.2) is 24.0 Å². The van der Waals surface area contributed by atoms with Crippen LogP contribution in [0, 0.1) is 34.0 Å². The minimum atomic E-state index is -2.73. The summed E-state index contributed by atoms with van der Waals surface area (Å²) in [6.45, 7) is 20.1. The Bertz CT molecular complexity index is 1890. The van der Waals surface area contributed by atoms with Crippen molar-refractivity contribution in [1.29, 1.82) is 0 Å². The molecule has 59 heavy (non-hydrogen) atoms. The van der Waals surface area contributed by atoms with E-state index in [1.54, 1.807) is 26.2 Å². The second-order valence-electron chi connectivity index (χ2n) is 20.1. The highest BCUT2D eigenvalue weighted by molar-refractivity contribution is 6.70. The molecule has 16 unspecified atom stereocenters. The van der Waals surface area contributed by atoms with Crippen LogP contribution < -0.4 is 0 Å². The van der Waals surface area contributed by atoms with E-state index >= 15 is 0 Å². The van der Waals surface area contributed by atoms with Crippen molar-refractivity contribution in [2.24, 2.45) is 34.0 Å². The van der Waals surface area contributed by atoms with Crippen LogP contribution in [-0.2, 0) is 70.7 Å². The molecule has 16 nitrogen and oxygen atoms in total. The zero-order valence-corrected chi connectivity index (χ0v) is 38.3. The predicted octanol–water partition coefficient (Wildman–Crippen LogP) is 3.52. The molecule has 16 atom stereocenters. The number of rotatable bonds is 10. The number of hydrogen-bond acceptors (Lipinski definition) is 16. The van der Waals surface area contributed by atoms with Crippen molar-refractivity contribution in [3.8, 4) is 0 Å². The number of hydrogen-bond donors (Lipinski definition) is 1. The van der Waals surface area contributed by atoms with E-state index in [4.69, 9.17) is 51.5 Å². The van der Waals surface area contributed by atoms with Gasteiger partial charge in [-0.05, 0) is 72.6 Å². The third-order valence-corrected chi connectivity index (χ3v) is 17.0. The average molecular weight is 865 g/mol. The molecule has 0 aromatic rings. The SMILES string of the molecule is C/C=C(\C)C(=O)OC1CC(OC(C)=O)C2(C(=O)OC)COC3C2C12COC(O)(C(=O)OC)C2C(C)(C12OC1(C)C1CC2OC2OC=CC21O[Si](C)(C)C)C3O[Si](C)(C)C. The van der Waals surface area contributed by atoms with E-state index in [9.17, 15) is 24.3 Å². The summed E-state index contributed by atoms with van der Waals surface area (Å²) in [5.41, 5.74) is -8.02. The first-order valence-electron chi connectivity index (χ1n) is 20.6. The van der Waals surface area contributed by atoms with Gasteiger partial charge in [0.25, 0.3) is 5.79 Å². The summed E-state index contributed by atoms with van der Waals surface area (Å²) >= 11 is 0. The number of fused-ring (bicyclic) bond motifs is 7. The van der Waals surface area contributed by atoms with E-state index in [1.165, 1.54) is 14.0 Å². The van der Waals surface area contributed by atoms with Gasteiger partial charge in [0.15, 0.2) is 16.6 Å². The van der Waals surface area contributed by atoms with Gasteiger partial charge in [-0.25, -0.2) is 9.59 Å². The Labute approximate surface area is 347 Å². The number of esters is 4. The number of epoxide rings is 1. The number of carbonyl (C=O) groups excluding carboxylic acids is 4. The van der Waals surface area contributed by atoms with Crippen molar-refractivity contribution in [3.05, 3.63) is 24.0 Å². The Balaban J connectivity index is 1.44. The van der Waals surface area contributed by atoms with E-state index in [2.05, 4.69) is 19.6 Å². The number of allylic oxidation sites excluding steroid dienone is 1. The lowest BCUT2D eigenvalue weighted by molar-refractivity contribution is -0.311. The van der Waals surface area contributed by atoms with E-state index in [1.807, 2.05) is 39.6 Å². The monoisotopic (exact) mass is 864 g/mol. The van der Waals surface area contributed by atoms with Gasteiger partial charge in [0.2, 0.25) is 6.29 Å².